The number of hydrogen-bond donors (Lipinski definition) is 17. The molecule has 1 aromatic heterocycles. The molecule has 2 aliphatic rings. The molecule has 3 aromatic rings. The summed E-state index contributed by atoms with van der Waals surface area (Å²) >= 11 is 0. The first-order valence-electron chi connectivity index (χ1n) is 25.1. The number of nitrogens with one attached hydrogen (secondary N) is 12. The fourth-order valence-corrected chi connectivity index (χ4v) is 9.13. The number of amides is 8. The van der Waals surface area contributed by atoms with E-state index in [0.29, 0.717) is 17.5 Å². The van der Waals surface area contributed by atoms with Gasteiger partial charge < -0.3 is 80.5 Å². The Morgan fingerprint density at radius 1 is 0.800 bits per heavy atom. The van der Waals surface area contributed by atoms with E-state index in [0.717, 1.165) is 10.9 Å². The molecule has 0 saturated carbocycles. The fourth-order valence-electron chi connectivity index (χ4n) is 9.13. The lowest BCUT2D eigenvalue weighted by atomic mass is 10.0. The number of primary amides is 1. The lowest BCUT2D eigenvalue weighted by Crippen LogP contribution is -2.61. The third kappa shape index (κ3) is 18.3. The van der Waals surface area contributed by atoms with Gasteiger partial charge in [-0.15, -0.1) is 0 Å². The maximum Gasteiger partial charge on any atom is 0.243 e. The third-order valence-corrected chi connectivity index (χ3v) is 12.9. The molecular formula is C49H73N17O9. The molecule has 0 radical (unpaired) electrons. The number of aromatic amines is 1. The van der Waals surface area contributed by atoms with Gasteiger partial charge in [0.1, 0.15) is 36.4 Å². The Morgan fingerprint density at radius 3 is 2.12 bits per heavy atom. The van der Waals surface area contributed by atoms with E-state index in [1.807, 2.05) is 24.3 Å². The minimum absolute atomic E-state index is 0.0360. The number of rotatable bonds is 17. The molecule has 26 nitrogen and oxygen atoms in total. The van der Waals surface area contributed by atoms with Crippen LogP contribution in [0.2, 0.25) is 0 Å². The molecule has 3 heterocycles. The Hall–Kier alpha value is -7.84. The van der Waals surface area contributed by atoms with Crippen molar-refractivity contribution in [1.82, 2.24) is 57.7 Å². The van der Waals surface area contributed by atoms with Crippen LogP contribution < -0.4 is 70.8 Å². The van der Waals surface area contributed by atoms with Gasteiger partial charge in [0.05, 0.1) is 18.5 Å². The summed E-state index contributed by atoms with van der Waals surface area (Å²) in [6, 6.07) is 6.27. The van der Waals surface area contributed by atoms with E-state index in [2.05, 4.69) is 52.8 Å². The smallest absolute Gasteiger partial charge is 0.243 e. The second-order valence-corrected chi connectivity index (χ2v) is 18.9. The lowest BCUT2D eigenvalue weighted by molar-refractivity contribution is -0.143. The standard InChI is InChI=1S/C49H73N17O9/c1-27(67)60-34(16-9-19-57-48(52)53)42(70)65-38-24-40(68)56-18-8-7-15-33(41(51)69)61-45(73)37(22-29-25-59-32-14-6-5-13-31(29)32)63-43(71)35(17-10-20-58-49(54)55)62-44(72)36(21-28-11-3-2-4-12-28)64-46(74)39-23-30(50)26-66(39)47(38)75/h2-6,11-14,25,30,33-39,42,59,65,70H,7-10,15-24,26,50H2,1H3,(H2,51,69)(H,56,68)(H,60,67)(H,61,73)(H,62,72)(H,63,71)(H,64,74)(H4,52,53,57)(H4,54,55,58)/t30-,33+,34+,35+,36-,37+,38+,39+,42?/m1/s1. The molecule has 2 aromatic carbocycles. The topological polar surface area (TPSA) is 436 Å². The minimum Gasteiger partial charge on any atom is -0.376 e. The fraction of sp³-hybridized carbons (Fsp3) is 0.510. The number of aliphatic hydroxyl groups excluding tert-OH is 1. The maximum absolute atomic E-state index is 14.7. The molecule has 21 N–H and O–H groups in total. The number of guanidine groups is 2. The quantitative estimate of drug-likeness (QED) is 0.0268. The summed E-state index contributed by atoms with van der Waals surface area (Å²) in [7, 11) is 0. The zero-order valence-electron chi connectivity index (χ0n) is 42.0. The largest absolute Gasteiger partial charge is 0.376 e. The van der Waals surface area contributed by atoms with Crippen LogP contribution in [0.15, 0.2) is 60.8 Å². The van der Waals surface area contributed by atoms with E-state index in [4.69, 9.17) is 33.8 Å². The van der Waals surface area contributed by atoms with Gasteiger partial charge in [0.25, 0.3) is 0 Å². The Labute approximate surface area is 434 Å². The predicted molar refractivity (Wildman–Crippen MR) is 277 cm³/mol. The average Bonchev–Trinajstić information content (AvgIpc) is 3.96. The number of aliphatic hydroxyl groups is 1. The van der Waals surface area contributed by atoms with Gasteiger partial charge in [0, 0.05) is 69.1 Å². The molecule has 0 spiro atoms. The second kappa shape index (κ2) is 28.6. The van der Waals surface area contributed by atoms with E-state index in [-0.39, 0.29) is 95.9 Å². The second-order valence-electron chi connectivity index (χ2n) is 18.9. The zero-order chi connectivity index (χ0) is 54.6. The Balaban J connectivity index is 1.52. The number of nitrogens with two attached hydrogens (primary N) is 4. The number of carbonyl (C=O) groups excluding carboxylic acids is 8. The molecule has 2 saturated heterocycles. The highest BCUT2D eigenvalue weighted by molar-refractivity contribution is 5.98. The van der Waals surface area contributed by atoms with Crippen LogP contribution in [0.5, 0.6) is 0 Å². The number of para-hydroxylation sites is 1. The summed E-state index contributed by atoms with van der Waals surface area (Å²) in [5.74, 6) is -6.52. The van der Waals surface area contributed by atoms with E-state index >= 15 is 0 Å². The summed E-state index contributed by atoms with van der Waals surface area (Å²) in [6.45, 7) is 1.48. The molecular weight excluding hydrogens is 971 g/mol. The van der Waals surface area contributed by atoms with E-state index in [9.17, 15) is 43.5 Å². The van der Waals surface area contributed by atoms with Crippen molar-refractivity contribution >= 4 is 70.1 Å². The molecule has 408 valence electrons. The van der Waals surface area contributed by atoms with Crippen LogP contribution in [-0.4, -0.2) is 155 Å². The van der Waals surface area contributed by atoms with Crippen LogP contribution in [0.1, 0.15) is 75.8 Å². The Bertz CT molecular complexity index is 2490. The number of benzene rings is 2. The van der Waals surface area contributed by atoms with Gasteiger partial charge in [-0.1, -0.05) is 48.5 Å². The Morgan fingerprint density at radius 2 is 1.43 bits per heavy atom. The first-order valence-corrected chi connectivity index (χ1v) is 25.1. The van der Waals surface area contributed by atoms with E-state index in [1.54, 1.807) is 36.5 Å². The van der Waals surface area contributed by atoms with Crippen molar-refractivity contribution in [2.24, 2.45) is 22.9 Å². The van der Waals surface area contributed by atoms with Crippen molar-refractivity contribution in [1.29, 1.82) is 10.8 Å². The molecule has 9 atom stereocenters. The molecule has 2 aliphatic heterocycles. The molecule has 75 heavy (non-hydrogen) atoms. The van der Waals surface area contributed by atoms with Crippen molar-refractivity contribution in [3.63, 3.8) is 0 Å². The van der Waals surface area contributed by atoms with E-state index < -0.39 is 108 Å². The highest BCUT2D eigenvalue weighted by atomic mass is 16.3. The summed E-state index contributed by atoms with van der Waals surface area (Å²) in [5, 5.41) is 51.9. The van der Waals surface area contributed by atoms with Gasteiger partial charge >= 0.3 is 0 Å². The molecule has 0 bridgehead atoms. The zero-order valence-corrected chi connectivity index (χ0v) is 42.0. The van der Waals surface area contributed by atoms with Crippen molar-refractivity contribution < 1.29 is 43.5 Å². The van der Waals surface area contributed by atoms with Gasteiger partial charge in [-0.25, -0.2) is 0 Å². The van der Waals surface area contributed by atoms with Crippen molar-refractivity contribution in [3.05, 3.63) is 71.9 Å². The molecule has 2 fully saturated rings. The van der Waals surface area contributed by atoms with Crippen molar-refractivity contribution in [2.45, 2.75) is 132 Å². The maximum atomic E-state index is 14.7. The first-order chi connectivity index (χ1) is 35.8. The number of H-pyrrole nitrogens is 1. The molecule has 26 heteroatoms. The number of nitrogens with zero attached hydrogens (tertiary/aromatic N) is 1. The van der Waals surface area contributed by atoms with E-state index in [1.165, 1.54) is 11.8 Å². The number of aromatic nitrogens is 1. The van der Waals surface area contributed by atoms with Crippen LogP contribution >= 0.6 is 0 Å². The normalized spacial score (nSPS) is 23.5. The average molecular weight is 1040 g/mol. The van der Waals surface area contributed by atoms with Gasteiger partial charge in [-0.05, 0) is 68.6 Å². The molecule has 0 aliphatic carbocycles. The number of carbonyl (C=O) groups is 8. The molecule has 5 rings (SSSR count). The van der Waals surface area contributed by atoms with Crippen molar-refractivity contribution in [2.75, 3.05) is 26.2 Å². The van der Waals surface area contributed by atoms with Gasteiger partial charge in [-0.3, -0.25) is 54.5 Å². The van der Waals surface area contributed by atoms with Crippen LogP contribution in [0, 0.1) is 10.8 Å². The summed E-state index contributed by atoms with van der Waals surface area (Å²) in [5.41, 5.74) is 25.2. The molecule has 1 unspecified atom stereocenters. The summed E-state index contributed by atoms with van der Waals surface area (Å²) in [4.78, 5) is 116. The number of hydrogen-bond acceptors (Lipinski definition) is 13. The third-order valence-electron chi connectivity index (χ3n) is 12.9. The highest BCUT2D eigenvalue weighted by Crippen LogP contribution is 2.22. The SMILES string of the molecule is CC(=O)N[C@@H](CCCNC(=N)N)C(O)N[C@H]1CC(=O)NCCCC[C@@H](C(N)=O)NC(=O)[C@H](Cc2c[nH]c3ccccc23)NC(=O)[C@H](CCCNC(=N)N)NC(=O)[C@@H](Cc2ccccc2)NC(=O)[C@@H]2C[C@@H](N)CN2C1=O. The van der Waals surface area contributed by atoms with Crippen LogP contribution in [-0.2, 0) is 51.2 Å². The van der Waals surface area contributed by atoms with Gasteiger partial charge in [-0.2, -0.15) is 0 Å². The highest BCUT2D eigenvalue weighted by Gasteiger charge is 2.43. The monoisotopic (exact) mass is 1040 g/mol. The van der Waals surface area contributed by atoms with Crippen LogP contribution in [0.25, 0.3) is 10.9 Å². The summed E-state index contributed by atoms with van der Waals surface area (Å²) < 4.78 is 0. The number of fused-ring (bicyclic) bond motifs is 2. The predicted octanol–water partition coefficient (Wildman–Crippen LogP) is -3.70. The summed E-state index contributed by atoms with van der Waals surface area (Å²) in [6.07, 6.45) is 0.498. The van der Waals surface area contributed by atoms with Crippen LogP contribution in [0.4, 0.5) is 0 Å². The van der Waals surface area contributed by atoms with Crippen molar-refractivity contribution in [3.8, 4) is 0 Å². The van der Waals surface area contributed by atoms with Gasteiger partial charge in [0.2, 0.25) is 47.3 Å². The lowest BCUT2D eigenvalue weighted by Gasteiger charge is -2.32. The van der Waals surface area contributed by atoms with Gasteiger partial charge in [0.15, 0.2) is 11.9 Å². The van der Waals surface area contributed by atoms with Crippen LogP contribution in [0.3, 0.4) is 0 Å². The first kappa shape index (κ1) is 58.1. The Kier molecular flexibility index (Phi) is 22.1. The minimum atomic E-state index is -1.62. The molecule has 8 amide bonds.